The van der Waals surface area contributed by atoms with Crippen LogP contribution in [0, 0.1) is 0 Å². The van der Waals surface area contributed by atoms with Gasteiger partial charge in [0, 0.05) is 30.6 Å². The molecule has 1 N–H and O–H groups in total. The van der Waals surface area contributed by atoms with E-state index in [1.807, 2.05) is 12.1 Å². The third-order valence-electron chi connectivity index (χ3n) is 3.35. The normalized spacial score (nSPS) is 12.1. The molecule has 0 amide bonds. The number of aromatic nitrogens is 1. The Morgan fingerprint density at radius 3 is 2.70 bits per heavy atom. The number of hydrogen-bond acceptors (Lipinski definition) is 3. The molecule has 20 heavy (non-hydrogen) atoms. The highest BCUT2D eigenvalue weighted by Crippen LogP contribution is 2.20. The second-order valence-electron chi connectivity index (χ2n) is 5.11. The van der Waals surface area contributed by atoms with E-state index in [0.29, 0.717) is 6.42 Å². The van der Waals surface area contributed by atoms with Gasteiger partial charge >= 0.3 is 0 Å². The minimum Gasteiger partial charge on any atom is -0.343 e. The molecule has 0 unspecified atom stereocenters. The SMILES string of the molecule is CCNCc1cc2ccccc2n1CCCS(C)(=O)=O. The molecule has 0 saturated heterocycles. The van der Waals surface area contributed by atoms with Gasteiger partial charge in [-0.05, 0) is 30.5 Å². The van der Waals surface area contributed by atoms with E-state index in [1.165, 1.54) is 22.9 Å². The van der Waals surface area contributed by atoms with Gasteiger partial charge in [-0.3, -0.25) is 0 Å². The average molecular weight is 294 g/mol. The Morgan fingerprint density at radius 1 is 1.25 bits per heavy atom. The lowest BCUT2D eigenvalue weighted by atomic mass is 10.2. The van der Waals surface area contributed by atoms with Gasteiger partial charge in [-0.25, -0.2) is 8.42 Å². The Hall–Kier alpha value is -1.33. The molecule has 2 rings (SSSR count). The molecular formula is C15H22N2O2S. The maximum Gasteiger partial charge on any atom is 0.147 e. The zero-order valence-corrected chi connectivity index (χ0v) is 12.9. The molecule has 0 aliphatic heterocycles. The van der Waals surface area contributed by atoms with E-state index < -0.39 is 9.84 Å². The van der Waals surface area contributed by atoms with E-state index in [9.17, 15) is 8.42 Å². The maximum absolute atomic E-state index is 11.3. The number of rotatable bonds is 7. The molecule has 0 bridgehead atoms. The molecule has 0 aliphatic rings. The van der Waals surface area contributed by atoms with Crippen molar-refractivity contribution in [3.05, 3.63) is 36.0 Å². The van der Waals surface area contributed by atoms with E-state index in [1.54, 1.807) is 0 Å². The molecular weight excluding hydrogens is 272 g/mol. The first-order valence-corrected chi connectivity index (χ1v) is 9.03. The summed E-state index contributed by atoms with van der Waals surface area (Å²) in [6.45, 7) is 4.55. The molecule has 110 valence electrons. The number of para-hydroxylation sites is 1. The number of nitrogens with one attached hydrogen (secondary N) is 1. The topological polar surface area (TPSA) is 51.1 Å². The number of benzene rings is 1. The van der Waals surface area contributed by atoms with Crippen LogP contribution in [0.2, 0.25) is 0 Å². The lowest BCUT2D eigenvalue weighted by Crippen LogP contribution is -2.16. The van der Waals surface area contributed by atoms with E-state index in [2.05, 4.69) is 35.0 Å². The summed E-state index contributed by atoms with van der Waals surface area (Å²) in [6.07, 6.45) is 1.94. The van der Waals surface area contributed by atoms with Crippen LogP contribution in [0.5, 0.6) is 0 Å². The summed E-state index contributed by atoms with van der Waals surface area (Å²) in [7, 11) is -2.89. The molecule has 2 aromatic rings. The first kappa shape index (κ1) is 15.1. The third kappa shape index (κ3) is 3.84. The summed E-state index contributed by atoms with van der Waals surface area (Å²) in [6, 6.07) is 10.4. The number of hydrogen-bond donors (Lipinski definition) is 1. The smallest absolute Gasteiger partial charge is 0.147 e. The van der Waals surface area contributed by atoms with Crippen molar-refractivity contribution in [3.63, 3.8) is 0 Å². The van der Waals surface area contributed by atoms with Gasteiger partial charge in [0.15, 0.2) is 0 Å². The van der Waals surface area contributed by atoms with Crippen molar-refractivity contribution in [3.8, 4) is 0 Å². The van der Waals surface area contributed by atoms with Crippen LogP contribution in [-0.2, 0) is 22.9 Å². The molecule has 0 fully saturated rings. The van der Waals surface area contributed by atoms with Crippen molar-refractivity contribution >= 4 is 20.7 Å². The van der Waals surface area contributed by atoms with Crippen LogP contribution < -0.4 is 5.32 Å². The van der Waals surface area contributed by atoms with Gasteiger partial charge < -0.3 is 9.88 Å². The van der Waals surface area contributed by atoms with Crippen LogP contribution in [0.1, 0.15) is 19.0 Å². The van der Waals surface area contributed by atoms with Gasteiger partial charge in [0.1, 0.15) is 9.84 Å². The zero-order valence-electron chi connectivity index (χ0n) is 12.1. The monoisotopic (exact) mass is 294 g/mol. The highest BCUT2D eigenvalue weighted by molar-refractivity contribution is 7.90. The predicted molar refractivity (Wildman–Crippen MR) is 83.6 cm³/mol. The molecule has 1 aromatic heterocycles. The van der Waals surface area contributed by atoms with Gasteiger partial charge in [-0.2, -0.15) is 0 Å². The predicted octanol–water partition coefficient (Wildman–Crippen LogP) is 2.19. The van der Waals surface area contributed by atoms with Crippen LogP contribution in [-0.4, -0.2) is 31.5 Å². The summed E-state index contributed by atoms with van der Waals surface area (Å²) in [5.41, 5.74) is 2.38. The van der Waals surface area contributed by atoms with Crippen molar-refractivity contribution in [1.29, 1.82) is 0 Å². The van der Waals surface area contributed by atoms with Crippen molar-refractivity contribution in [1.82, 2.24) is 9.88 Å². The number of nitrogens with zero attached hydrogens (tertiary/aromatic N) is 1. The fraction of sp³-hybridized carbons (Fsp3) is 0.467. The van der Waals surface area contributed by atoms with Crippen molar-refractivity contribution in [2.45, 2.75) is 26.4 Å². The molecule has 4 nitrogen and oxygen atoms in total. The molecule has 0 radical (unpaired) electrons. The molecule has 1 heterocycles. The second kappa shape index (κ2) is 6.41. The minimum atomic E-state index is -2.89. The van der Waals surface area contributed by atoms with Gasteiger partial charge in [0.2, 0.25) is 0 Å². The highest BCUT2D eigenvalue weighted by Gasteiger charge is 2.09. The second-order valence-corrected chi connectivity index (χ2v) is 7.37. The van der Waals surface area contributed by atoms with Crippen LogP contribution in [0.3, 0.4) is 0 Å². The molecule has 1 aromatic carbocycles. The summed E-state index contributed by atoms with van der Waals surface area (Å²) in [5, 5.41) is 4.54. The first-order valence-electron chi connectivity index (χ1n) is 6.97. The number of sulfone groups is 1. The van der Waals surface area contributed by atoms with E-state index in [0.717, 1.165) is 19.6 Å². The average Bonchev–Trinajstić information content (AvgIpc) is 2.73. The molecule has 0 aliphatic carbocycles. The Bertz CT molecular complexity index is 674. The van der Waals surface area contributed by atoms with E-state index >= 15 is 0 Å². The Kier molecular flexibility index (Phi) is 4.83. The van der Waals surface area contributed by atoms with Crippen LogP contribution in [0.15, 0.2) is 30.3 Å². The largest absolute Gasteiger partial charge is 0.343 e. The summed E-state index contributed by atoms with van der Waals surface area (Å²) < 4.78 is 24.7. The van der Waals surface area contributed by atoms with Crippen molar-refractivity contribution in [2.24, 2.45) is 0 Å². The third-order valence-corrected chi connectivity index (χ3v) is 4.38. The van der Waals surface area contributed by atoms with Gasteiger partial charge in [-0.1, -0.05) is 25.1 Å². The minimum absolute atomic E-state index is 0.236. The number of aryl methyl sites for hydroxylation is 1. The molecule has 0 spiro atoms. The quantitative estimate of drug-likeness (QED) is 0.851. The highest BCUT2D eigenvalue weighted by atomic mass is 32.2. The maximum atomic E-state index is 11.3. The summed E-state index contributed by atoms with van der Waals surface area (Å²) >= 11 is 0. The van der Waals surface area contributed by atoms with Crippen molar-refractivity contribution in [2.75, 3.05) is 18.6 Å². The zero-order chi connectivity index (χ0) is 14.6. The Labute approximate surface area is 120 Å². The molecule has 0 saturated carbocycles. The lowest BCUT2D eigenvalue weighted by Gasteiger charge is -2.11. The fourth-order valence-corrected chi connectivity index (χ4v) is 3.07. The van der Waals surface area contributed by atoms with Crippen LogP contribution in [0.4, 0.5) is 0 Å². The number of fused-ring (bicyclic) bond motifs is 1. The van der Waals surface area contributed by atoms with Gasteiger partial charge in [0.05, 0.1) is 5.75 Å². The van der Waals surface area contributed by atoms with Crippen LogP contribution in [0.25, 0.3) is 10.9 Å². The van der Waals surface area contributed by atoms with E-state index in [-0.39, 0.29) is 5.75 Å². The van der Waals surface area contributed by atoms with E-state index in [4.69, 9.17) is 0 Å². The molecule has 0 atom stereocenters. The Balaban J connectivity index is 2.23. The van der Waals surface area contributed by atoms with Gasteiger partial charge in [-0.15, -0.1) is 0 Å². The summed E-state index contributed by atoms with van der Waals surface area (Å²) in [5.74, 6) is 0.236. The standard InChI is InChI=1S/C15H22N2O2S/c1-3-16-12-14-11-13-7-4-5-8-15(13)17(14)9-6-10-20(2,18)19/h4-5,7-8,11,16H,3,6,9-10,12H2,1-2H3. The van der Waals surface area contributed by atoms with Crippen LogP contribution >= 0.6 is 0 Å². The van der Waals surface area contributed by atoms with Crippen molar-refractivity contribution < 1.29 is 8.42 Å². The lowest BCUT2D eigenvalue weighted by molar-refractivity contribution is 0.587. The fourth-order valence-electron chi connectivity index (χ4n) is 2.42. The first-order chi connectivity index (χ1) is 9.51. The summed E-state index contributed by atoms with van der Waals surface area (Å²) in [4.78, 5) is 0. The van der Waals surface area contributed by atoms with Gasteiger partial charge in [0.25, 0.3) is 0 Å². The molecule has 5 heteroatoms. The Morgan fingerprint density at radius 2 is 2.00 bits per heavy atom.